The highest BCUT2D eigenvalue weighted by Crippen LogP contribution is 2.22. The van der Waals surface area contributed by atoms with E-state index in [2.05, 4.69) is 46.3 Å². The molecule has 25 heavy (non-hydrogen) atoms. The summed E-state index contributed by atoms with van der Waals surface area (Å²) in [5.41, 5.74) is 19.2. The van der Waals surface area contributed by atoms with Crippen molar-refractivity contribution in [3.63, 3.8) is 0 Å². The van der Waals surface area contributed by atoms with Crippen molar-refractivity contribution in [3.8, 4) is 0 Å². The number of hydrogen-bond acceptors (Lipinski definition) is 7. The molecule has 0 saturated carbocycles. The molecule has 12 heteroatoms. The lowest BCUT2D eigenvalue weighted by molar-refractivity contribution is 0.0844. The molecule has 1 aromatic heterocycles. The van der Waals surface area contributed by atoms with Crippen LogP contribution in [0.25, 0.3) is 0 Å². The highest BCUT2D eigenvalue weighted by Gasteiger charge is 2.15. The number of aliphatic imine (C=N–C) groups is 2. The summed E-state index contributed by atoms with van der Waals surface area (Å²) < 4.78 is 18.5. The molecule has 0 aliphatic rings. The van der Waals surface area contributed by atoms with E-state index in [-0.39, 0.29) is 29.9 Å². The molecule has 1 aromatic carbocycles. The van der Waals surface area contributed by atoms with Gasteiger partial charge in [-0.05, 0) is 44.8 Å². The van der Waals surface area contributed by atoms with Gasteiger partial charge in [0.05, 0.1) is 16.8 Å². The molecule has 0 aliphatic carbocycles. The van der Waals surface area contributed by atoms with Crippen LogP contribution in [0.3, 0.4) is 0 Å². The number of hydrogen-bond donors (Lipinski definition) is 4. The molecule has 0 saturated heterocycles. The van der Waals surface area contributed by atoms with Gasteiger partial charge in [0.2, 0.25) is 0 Å². The summed E-state index contributed by atoms with van der Waals surface area (Å²) in [4.78, 5) is 13.3. The third-order valence-corrected chi connectivity index (χ3v) is 3.39. The molecule has 10 nitrogen and oxygen atoms in total. The average molecular weight is 415 g/mol. The summed E-state index contributed by atoms with van der Waals surface area (Å²) in [5.74, 6) is -0.339. The maximum Gasteiger partial charge on any atom is 0.199 e. The molecular weight excluding hydrogens is 399 g/mol. The number of nitrogens with zero attached hydrogens (tertiary/aromatic N) is 4. The number of halogens is 2. The van der Waals surface area contributed by atoms with Crippen molar-refractivity contribution in [2.24, 2.45) is 21.5 Å². The zero-order chi connectivity index (χ0) is 18.2. The number of aromatic nitrogens is 2. The van der Waals surface area contributed by atoms with E-state index in [1.807, 2.05) is 0 Å². The lowest BCUT2D eigenvalue weighted by Crippen LogP contribution is -2.27. The van der Waals surface area contributed by atoms with E-state index >= 15 is 0 Å². The zero-order valence-corrected chi connectivity index (χ0v) is 14.5. The fraction of sp³-hybridized carbons (Fsp3) is 0.231. The van der Waals surface area contributed by atoms with Crippen LogP contribution in [0, 0.1) is 5.82 Å². The van der Waals surface area contributed by atoms with Crippen LogP contribution in [0.2, 0.25) is 0 Å². The van der Waals surface area contributed by atoms with Crippen molar-refractivity contribution in [1.29, 1.82) is 0 Å². The Hall–Kier alpha value is -2.73. The number of guanidine groups is 1. The third-order valence-electron chi connectivity index (χ3n) is 2.75. The first-order valence-electron chi connectivity index (χ1n) is 7.02. The van der Waals surface area contributed by atoms with Crippen LogP contribution in [0.5, 0.6) is 0 Å². The molecule has 0 atom stereocenters. The minimum Gasteiger partial charge on any atom is -0.379 e. The molecule has 0 radical (unpaired) electrons. The minimum atomic E-state index is -0.468. The lowest BCUT2D eigenvalue weighted by Gasteiger charge is -2.08. The van der Waals surface area contributed by atoms with Crippen molar-refractivity contribution >= 4 is 39.2 Å². The smallest absolute Gasteiger partial charge is 0.199 e. The summed E-state index contributed by atoms with van der Waals surface area (Å²) in [6.45, 7) is 0.678. The van der Waals surface area contributed by atoms with Crippen LogP contribution in [-0.2, 0) is 4.84 Å². The quantitative estimate of drug-likeness (QED) is 0.223. The van der Waals surface area contributed by atoms with E-state index in [4.69, 9.17) is 22.0 Å². The van der Waals surface area contributed by atoms with Gasteiger partial charge in [-0.2, -0.15) is 0 Å². The number of nitrogens with one attached hydrogen (secondary N) is 1. The van der Waals surface area contributed by atoms with Crippen LogP contribution < -0.4 is 22.7 Å². The van der Waals surface area contributed by atoms with E-state index in [0.29, 0.717) is 23.1 Å². The van der Waals surface area contributed by atoms with Crippen molar-refractivity contribution in [2.75, 3.05) is 18.9 Å². The Balaban J connectivity index is 2.09. The zero-order valence-electron chi connectivity index (χ0n) is 12.9. The molecule has 1 heterocycles. The lowest BCUT2D eigenvalue weighted by atomic mass is 10.3. The van der Waals surface area contributed by atoms with E-state index in [9.17, 15) is 4.39 Å². The van der Waals surface area contributed by atoms with Gasteiger partial charge >= 0.3 is 0 Å². The molecule has 0 aliphatic heterocycles. The highest BCUT2D eigenvalue weighted by molar-refractivity contribution is 9.10. The van der Waals surface area contributed by atoms with Crippen molar-refractivity contribution in [1.82, 2.24) is 15.8 Å². The summed E-state index contributed by atoms with van der Waals surface area (Å²) in [5, 5.41) is 7.12. The summed E-state index contributed by atoms with van der Waals surface area (Å²) in [6, 6.07) is 4.35. The van der Waals surface area contributed by atoms with Crippen molar-refractivity contribution in [3.05, 3.63) is 34.2 Å². The monoisotopic (exact) mass is 414 g/mol. The number of benzene rings is 1. The second-order valence-electron chi connectivity index (χ2n) is 4.67. The first kappa shape index (κ1) is 18.6. The van der Waals surface area contributed by atoms with Gasteiger partial charge in [0.1, 0.15) is 5.82 Å². The predicted octanol–water partition coefficient (Wildman–Crippen LogP) is 0.816. The second-order valence-corrected chi connectivity index (χ2v) is 5.52. The summed E-state index contributed by atoms with van der Waals surface area (Å²) in [7, 11) is 0. The van der Waals surface area contributed by atoms with Crippen LogP contribution in [0.4, 0.5) is 15.9 Å². The largest absolute Gasteiger partial charge is 0.379 e. The second kappa shape index (κ2) is 8.94. The van der Waals surface area contributed by atoms with Crippen molar-refractivity contribution < 1.29 is 13.9 Å². The first-order valence-corrected chi connectivity index (χ1v) is 7.82. The fourth-order valence-electron chi connectivity index (χ4n) is 1.63. The Bertz CT molecular complexity index is 775. The Morgan fingerprint density at radius 1 is 1.36 bits per heavy atom. The molecule has 0 unspecified atom stereocenters. The maximum absolute atomic E-state index is 13.6. The molecule has 2 rings (SSSR count). The van der Waals surface area contributed by atoms with E-state index in [1.54, 1.807) is 6.07 Å². The topological polar surface area (TPSA) is 163 Å². The summed E-state index contributed by atoms with van der Waals surface area (Å²) in [6.07, 6.45) is 0.553. The van der Waals surface area contributed by atoms with E-state index < -0.39 is 5.82 Å². The van der Waals surface area contributed by atoms with Crippen molar-refractivity contribution in [2.45, 2.75) is 6.42 Å². The Morgan fingerprint density at radius 2 is 2.16 bits per heavy atom. The molecule has 7 N–H and O–H groups in total. The highest BCUT2D eigenvalue weighted by atomic mass is 79.9. The van der Waals surface area contributed by atoms with Gasteiger partial charge in [0.15, 0.2) is 23.3 Å². The van der Waals surface area contributed by atoms with Gasteiger partial charge in [0, 0.05) is 12.6 Å². The van der Waals surface area contributed by atoms with Crippen LogP contribution in [0.1, 0.15) is 12.1 Å². The SMILES string of the molecule is NC(N)=NCCCONC(=Nc1ccc(Br)c(F)c1)c1nonc1N. The fourth-order valence-corrected chi connectivity index (χ4v) is 1.88. The molecule has 134 valence electrons. The van der Waals surface area contributed by atoms with E-state index in [0.717, 1.165) is 0 Å². The molecule has 0 spiro atoms. The first-order chi connectivity index (χ1) is 12.0. The molecular formula is C13H16BrFN8O2. The standard InChI is InChI=1S/C13H16BrFN8O2/c14-8-3-2-7(6-9(8)15)20-12(10-11(16)22-25-21-10)23-24-5-1-4-19-13(17)18/h2-3,6H,1,4-5H2,(H2,16,22)(H,20,23)(H4,17,18,19). The summed E-state index contributed by atoms with van der Waals surface area (Å²) >= 11 is 3.07. The number of hydroxylamine groups is 1. The van der Waals surface area contributed by atoms with Gasteiger partial charge in [-0.15, -0.1) is 0 Å². The average Bonchev–Trinajstić information content (AvgIpc) is 2.98. The van der Waals surface area contributed by atoms with Gasteiger partial charge in [0.25, 0.3) is 0 Å². The van der Waals surface area contributed by atoms with Gasteiger partial charge in [-0.25, -0.2) is 19.5 Å². The Kier molecular flexibility index (Phi) is 6.65. The predicted molar refractivity (Wildman–Crippen MR) is 93.4 cm³/mol. The van der Waals surface area contributed by atoms with E-state index in [1.165, 1.54) is 12.1 Å². The Labute approximate surface area is 150 Å². The maximum atomic E-state index is 13.6. The Morgan fingerprint density at radius 3 is 2.80 bits per heavy atom. The van der Waals surface area contributed by atoms with Gasteiger partial charge < -0.3 is 17.2 Å². The number of nitrogen functional groups attached to an aromatic ring is 1. The minimum absolute atomic E-state index is 0.00735. The molecule has 0 bridgehead atoms. The molecule has 2 aromatic rings. The van der Waals surface area contributed by atoms with Crippen LogP contribution >= 0.6 is 15.9 Å². The van der Waals surface area contributed by atoms with Crippen LogP contribution in [-0.4, -0.2) is 35.3 Å². The number of nitrogens with two attached hydrogens (primary N) is 3. The number of rotatable bonds is 7. The number of amidine groups is 1. The molecule has 0 fully saturated rings. The van der Waals surface area contributed by atoms with Gasteiger partial charge in [-0.1, -0.05) is 0 Å². The third kappa shape index (κ3) is 5.69. The van der Waals surface area contributed by atoms with Crippen LogP contribution in [0.15, 0.2) is 37.3 Å². The molecule has 0 amide bonds. The number of anilines is 1. The normalized spacial score (nSPS) is 11.4. The van der Waals surface area contributed by atoms with Gasteiger partial charge in [-0.3, -0.25) is 9.83 Å².